The standard InChI is InChI=1S/C28H36FN3O5/c1-27(2)25(33)32(26(34)30-27)16-6-18-36-22-11-9-21(10-12-22)19-31-15-5-13-28(35,14-17-31)20-37-24-8-4-3-7-23(24)29/h3-4,7-12,35H,5-6,13-20H2,1-2H3,(H,30,34)/t28-/m1/s1. The lowest BCUT2D eigenvalue weighted by Crippen LogP contribution is -2.40. The fourth-order valence-corrected chi connectivity index (χ4v) is 4.69. The van der Waals surface area contributed by atoms with Gasteiger partial charge in [0.25, 0.3) is 5.91 Å². The van der Waals surface area contributed by atoms with Gasteiger partial charge in [0, 0.05) is 19.6 Å². The first kappa shape index (κ1) is 26.9. The van der Waals surface area contributed by atoms with Gasteiger partial charge < -0.3 is 19.9 Å². The summed E-state index contributed by atoms with van der Waals surface area (Å²) in [4.78, 5) is 27.7. The predicted octanol–water partition coefficient (Wildman–Crippen LogP) is 3.72. The van der Waals surface area contributed by atoms with Crippen molar-refractivity contribution in [3.05, 3.63) is 59.9 Å². The van der Waals surface area contributed by atoms with Crippen LogP contribution in [0, 0.1) is 5.82 Å². The van der Waals surface area contributed by atoms with E-state index in [-0.39, 0.29) is 24.3 Å². The molecule has 2 N–H and O–H groups in total. The highest BCUT2D eigenvalue weighted by molar-refractivity contribution is 6.06. The van der Waals surface area contributed by atoms with Crippen LogP contribution in [-0.4, -0.2) is 70.8 Å². The van der Waals surface area contributed by atoms with E-state index in [0.29, 0.717) is 32.4 Å². The first-order valence-electron chi connectivity index (χ1n) is 12.8. The molecule has 2 fully saturated rings. The van der Waals surface area contributed by atoms with Crippen LogP contribution in [0.1, 0.15) is 45.1 Å². The van der Waals surface area contributed by atoms with Gasteiger partial charge in [0.2, 0.25) is 0 Å². The van der Waals surface area contributed by atoms with Crippen molar-refractivity contribution >= 4 is 11.9 Å². The van der Waals surface area contributed by atoms with Gasteiger partial charge in [-0.1, -0.05) is 24.3 Å². The van der Waals surface area contributed by atoms with Gasteiger partial charge >= 0.3 is 6.03 Å². The number of imide groups is 1. The minimum absolute atomic E-state index is 0.0716. The minimum atomic E-state index is -0.981. The highest BCUT2D eigenvalue weighted by Gasteiger charge is 2.43. The van der Waals surface area contributed by atoms with Crippen molar-refractivity contribution in [3.8, 4) is 11.5 Å². The van der Waals surface area contributed by atoms with Gasteiger partial charge in [-0.05, 0) is 75.9 Å². The van der Waals surface area contributed by atoms with Gasteiger partial charge in [-0.2, -0.15) is 0 Å². The van der Waals surface area contributed by atoms with E-state index in [0.717, 1.165) is 37.4 Å². The Morgan fingerprint density at radius 1 is 1.03 bits per heavy atom. The number of nitrogens with one attached hydrogen (secondary N) is 1. The average Bonchev–Trinajstić information content (AvgIpc) is 2.97. The van der Waals surface area contributed by atoms with Crippen LogP contribution in [0.15, 0.2) is 48.5 Å². The molecular formula is C28H36FN3O5. The topological polar surface area (TPSA) is 91.3 Å². The highest BCUT2D eigenvalue weighted by Crippen LogP contribution is 2.26. The molecular weight excluding hydrogens is 477 g/mol. The zero-order chi connectivity index (χ0) is 26.5. The van der Waals surface area contributed by atoms with Crippen molar-refractivity contribution in [2.75, 3.05) is 32.8 Å². The number of carbonyl (C=O) groups excluding carboxylic acids is 2. The number of amides is 3. The maximum Gasteiger partial charge on any atom is 0.325 e. The third-order valence-electron chi connectivity index (χ3n) is 6.91. The number of benzene rings is 2. The van der Waals surface area contributed by atoms with Gasteiger partial charge in [-0.25, -0.2) is 9.18 Å². The maximum atomic E-state index is 13.8. The fraction of sp³-hybridized carbons (Fsp3) is 0.500. The van der Waals surface area contributed by atoms with Crippen molar-refractivity contribution in [2.24, 2.45) is 0 Å². The molecule has 0 radical (unpaired) electrons. The molecule has 0 spiro atoms. The van der Waals surface area contributed by atoms with Gasteiger partial charge in [0.1, 0.15) is 17.9 Å². The largest absolute Gasteiger partial charge is 0.494 e. The SMILES string of the molecule is CC1(C)NC(=O)N(CCCOc2ccc(CN3CCC[C@](O)(COc4ccccc4F)CC3)cc2)C1=O. The van der Waals surface area contributed by atoms with Crippen molar-refractivity contribution in [2.45, 2.75) is 57.2 Å². The highest BCUT2D eigenvalue weighted by atomic mass is 19.1. The van der Waals surface area contributed by atoms with Crippen molar-refractivity contribution in [3.63, 3.8) is 0 Å². The smallest absolute Gasteiger partial charge is 0.325 e. The Labute approximate surface area is 217 Å². The van der Waals surface area contributed by atoms with E-state index in [4.69, 9.17) is 9.47 Å². The lowest BCUT2D eigenvalue weighted by atomic mass is 9.96. The van der Waals surface area contributed by atoms with E-state index in [1.54, 1.807) is 32.0 Å². The number of para-hydroxylation sites is 1. The molecule has 37 heavy (non-hydrogen) atoms. The molecule has 8 nitrogen and oxygen atoms in total. The van der Waals surface area contributed by atoms with Crippen molar-refractivity contribution in [1.29, 1.82) is 0 Å². The number of rotatable bonds is 10. The third kappa shape index (κ3) is 6.99. The molecule has 2 saturated heterocycles. The summed E-state index contributed by atoms with van der Waals surface area (Å²) < 4.78 is 25.2. The molecule has 1 atom stereocenters. The number of likely N-dealkylation sites (tertiary alicyclic amines) is 1. The van der Waals surface area contributed by atoms with Crippen LogP contribution in [-0.2, 0) is 11.3 Å². The molecule has 2 aromatic rings. The fourth-order valence-electron chi connectivity index (χ4n) is 4.69. The lowest BCUT2D eigenvalue weighted by molar-refractivity contribution is -0.130. The molecule has 200 valence electrons. The molecule has 4 rings (SSSR count). The number of halogens is 1. The van der Waals surface area contributed by atoms with E-state index in [1.807, 2.05) is 24.3 Å². The van der Waals surface area contributed by atoms with Crippen LogP contribution < -0.4 is 14.8 Å². The van der Waals surface area contributed by atoms with Crippen LogP contribution in [0.4, 0.5) is 9.18 Å². The zero-order valence-corrected chi connectivity index (χ0v) is 21.5. The molecule has 0 unspecified atom stereocenters. The van der Waals surface area contributed by atoms with E-state index in [9.17, 15) is 19.1 Å². The predicted molar refractivity (Wildman–Crippen MR) is 137 cm³/mol. The van der Waals surface area contributed by atoms with Gasteiger partial charge in [0.05, 0.1) is 12.2 Å². The zero-order valence-electron chi connectivity index (χ0n) is 21.5. The summed E-state index contributed by atoms with van der Waals surface area (Å²) in [5.74, 6) is 0.258. The molecule has 2 aliphatic rings. The van der Waals surface area contributed by atoms with Crippen LogP contribution in [0.2, 0.25) is 0 Å². The monoisotopic (exact) mass is 513 g/mol. The molecule has 2 aromatic carbocycles. The minimum Gasteiger partial charge on any atom is -0.494 e. The maximum absolute atomic E-state index is 13.8. The summed E-state index contributed by atoms with van der Waals surface area (Å²) in [6.07, 6.45) is 2.53. The molecule has 3 amide bonds. The molecule has 2 heterocycles. The number of nitrogens with zero attached hydrogens (tertiary/aromatic N) is 2. The Kier molecular flexibility index (Phi) is 8.34. The summed E-state index contributed by atoms with van der Waals surface area (Å²) in [5, 5.41) is 13.7. The first-order valence-corrected chi connectivity index (χ1v) is 12.8. The summed E-state index contributed by atoms with van der Waals surface area (Å²) in [7, 11) is 0. The number of ether oxygens (including phenoxy) is 2. The second-order valence-corrected chi connectivity index (χ2v) is 10.4. The van der Waals surface area contributed by atoms with E-state index in [1.165, 1.54) is 11.0 Å². The third-order valence-corrected chi connectivity index (χ3v) is 6.91. The normalized spacial score (nSPS) is 22.0. The lowest BCUT2D eigenvalue weighted by Gasteiger charge is -2.27. The molecule has 0 saturated carbocycles. The van der Waals surface area contributed by atoms with Crippen LogP contribution in [0.5, 0.6) is 11.5 Å². The number of hydrogen-bond acceptors (Lipinski definition) is 6. The Hall–Kier alpha value is -3.17. The van der Waals surface area contributed by atoms with E-state index in [2.05, 4.69) is 10.2 Å². The number of hydrogen-bond donors (Lipinski definition) is 2. The van der Waals surface area contributed by atoms with Crippen LogP contribution in [0.25, 0.3) is 0 Å². The summed E-state index contributed by atoms with van der Waals surface area (Å²) >= 11 is 0. The summed E-state index contributed by atoms with van der Waals surface area (Å²) in [6, 6.07) is 13.8. The van der Waals surface area contributed by atoms with E-state index >= 15 is 0 Å². The van der Waals surface area contributed by atoms with Crippen molar-refractivity contribution in [1.82, 2.24) is 15.1 Å². The quantitative estimate of drug-likeness (QED) is 0.372. The molecule has 0 aliphatic carbocycles. The second-order valence-electron chi connectivity index (χ2n) is 10.4. The Bertz CT molecular complexity index is 1090. The summed E-state index contributed by atoms with van der Waals surface area (Å²) in [6.45, 7) is 6.51. The van der Waals surface area contributed by atoms with Crippen LogP contribution >= 0.6 is 0 Å². The van der Waals surface area contributed by atoms with Crippen LogP contribution in [0.3, 0.4) is 0 Å². The molecule has 0 bridgehead atoms. The number of urea groups is 1. The Morgan fingerprint density at radius 2 is 1.78 bits per heavy atom. The summed E-state index contributed by atoms with van der Waals surface area (Å²) in [5.41, 5.74) is -0.693. The average molecular weight is 514 g/mol. The van der Waals surface area contributed by atoms with Gasteiger partial charge in [-0.3, -0.25) is 14.6 Å². The van der Waals surface area contributed by atoms with Gasteiger partial charge in [0.15, 0.2) is 11.6 Å². The Morgan fingerprint density at radius 3 is 2.49 bits per heavy atom. The number of aliphatic hydroxyl groups is 1. The van der Waals surface area contributed by atoms with Gasteiger partial charge in [-0.15, -0.1) is 0 Å². The Balaban J connectivity index is 1.19. The molecule has 0 aromatic heterocycles. The van der Waals surface area contributed by atoms with Crippen molar-refractivity contribution < 1.29 is 28.6 Å². The number of carbonyl (C=O) groups is 2. The van der Waals surface area contributed by atoms with E-state index < -0.39 is 17.0 Å². The molecule has 2 aliphatic heterocycles. The second kappa shape index (κ2) is 11.5. The molecule has 9 heteroatoms. The first-order chi connectivity index (χ1) is 17.7.